The molecule has 2 N–H and O–H groups in total. The second-order valence-electron chi connectivity index (χ2n) is 7.80. The minimum atomic E-state index is -4.58. The number of hydrogen-bond acceptors (Lipinski definition) is 4. The summed E-state index contributed by atoms with van der Waals surface area (Å²) in [6.07, 6.45) is -3.53. The molecule has 2 rings (SSSR count). The quantitative estimate of drug-likeness (QED) is 0.684. The first kappa shape index (κ1) is 23.2. The number of hydrogen-bond donors (Lipinski definition) is 2. The van der Waals surface area contributed by atoms with E-state index in [-0.39, 0.29) is 10.9 Å². The second-order valence-corrected chi connectivity index (χ2v) is 7.80. The van der Waals surface area contributed by atoms with Gasteiger partial charge >= 0.3 is 18.2 Å². The molecule has 0 aliphatic heterocycles. The molecule has 1 aromatic carbocycles. The van der Waals surface area contributed by atoms with Crippen molar-refractivity contribution in [2.24, 2.45) is 0 Å². The number of fused-ring (bicyclic) bond motifs is 1. The van der Waals surface area contributed by atoms with E-state index in [1.807, 2.05) is 0 Å². The lowest BCUT2D eigenvalue weighted by Crippen LogP contribution is -2.33. The summed E-state index contributed by atoms with van der Waals surface area (Å²) in [7, 11) is 0. The normalized spacial score (nSPS) is 12.1. The van der Waals surface area contributed by atoms with Gasteiger partial charge in [-0.15, -0.1) is 0 Å². The Morgan fingerprint density at radius 3 is 2.43 bits per heavy atom. The number of benzene rings is 1. The summed E-state index contributed by atoms with van der Waals surface area (Å²) >= 11 is 0. The topological polar surface area (TPSA) is 97.6 Å². The summed E-state index contributed by atoms with van der Waals surface area (Å²) in [5, 5.41) is 11.7. The van der Waals surface area contributed by atoms with Crippen LogP contribution in [-0.4, -0.2) is 40.1 Å². The van der Waals surface area contributed by atoms with Crippen molar-refractivity contribution in [3.63, 3.8) is 0 Å². The highest BCUT2D eigenvalue weighted by molar-refractivity contribution is 5.92. The smallest absolute Gasteiger partial charge is 0.407 e. The van der Waals surface area contributed by atoms with Gasteiger partial charge in [-0.3, -0.25) is 4.79 Å². The number of aromatic nitrogens is 1. The first-order valence-electron chi connectivity index (χ1n) is 9.20. The van der Waals surface area contributed by atoms with Gasteiger partial charge in [-0.1, -0.05) is 6.07 Å². The SMILES string of the molecule is CC(C)(C)OC(=O)NCCCc1ccc2c(c1)c(=O)c(C(=O)O)cn2CC(F)(F)F. The lowest BCUT2D eigenvalue weighted by molar-refractivity contribution is -0.140. The Kier molecular flexibility index (Phi) is 6.79. The number of halogens is 3. The number of carbonyl (C=O) groups excluding carboxylic acids is 1. The van der Waals surface area contributed by atoms with Gasteiger partial charge in [0.1, 0.15) is 17.7 Å². The van der Waals surface area contributed by atoms with Crippen LogP contribution in [0.2, 0.25) is 0 Å². The summed E-state index contributed by atoms with van der Waals surface area (Å²) in [5.74, 6) is -1.59. The fourth-order valence-corrected chi connectivity index (χ4v) is 2.87. The fraction of sp³-hybridized carbons (Fsp3) is 0.450. The maximum Gasteiger partial charge on any atom is 0.407 e. The zero-order valence-corrected chi connectivity index (χ0v) is 16.8. The van der Waals surface area contributed by atoms with Gasteiger partial charge in [0.25, 0.3) is 0 Å². The van der Waals surface area contributed by atoms with Crippen LogP contribution < -0.4 is 10.7 Å². The van der Waals surface area contributed by atoms with Gasteiger partial charge in [0, 0.05) is 18.1 Å². The first-order valence-corrected chi connectivity index (χ1v) is 9.20. The Balaban J connectivity index is 2.22. The van der Waals surface area contributed by atoms with E-state index in [0.717, 1.165) is 0 Å². The van der Waals surface area contributed by atoms with Crippen LogP contribution in [0.5, 0.6) is 0 Å². The molecule has 2 aromatic rings. The zero-order valence-electron chi connectivity index (χ0n) is 16.8. The van der Waals surface area contributed by atoms with Crippen molar-refractivity contribution in [1.82, 2.24) is 9.88 Å². The van der Waals surface area contributed by atoms with E-state index < -0.39 is 41.4 Å². The molecule has 30 heavy (non-hydrogen) atoms. The standard InChI is InChI=1S/C20H23F3N2O5/c1-19(2,3)30-18(29)24-8-4-5-12-6-7-15-13(9-12)16(26)14(17(27)28)10-25(15)11-20(21,22)23/h6-7,9-10H,4-5,8,11H2,1-3H3,(H,24,29)(H,27,28). The Hall–Kier alpha value is -3.04. The molecule has 0 aliphatic rings. The van der Waals surface area contributed by atoms with Crippen molar-refractivity contribution >= 4 is 23.0 Å². The van der Waals surface area contributed by atoms with Crippen LogP contribution in [0.4, 0.5) is 18.0 Å². The molecule has 0 spiro atoms. The minimum Gasteiger partial charge on any atom is -0.477 e. The van der Waals surface area contributed by atoms with Crippen LogP contribution in [0.1, 0.15) is 43.1 Å². The Morgan fingerprint density at radius 1 is 1.20 bits per heavy atom. The van der Waals surface area contributed by atoms with Crippen LogP contribution >= 0.6 is 0 Å². The van der Waals surface area contributed by atoms with Crippen LogP contribution in [0, 0.1) is 0 Å². The number of rotatable bonds is 6. The summed E-state index contributed by atoms with van der Waals surface area (Å²) in [4.78, 5) is 35.4. The molecule has 10 heteroatoms. The second kappa shape index (κ2) is 8.76. The number of aryl methyl sites for hydroxylation is 1. The Bertz CT molecular complexity index is 1010. The third-order valence-electron chi connectivity index (χ3n) is 4.04. The molecule has 1 amide bonds. The lowest BCUT2D eigenvalue weighted by atomic mass is 10.0. The summed E-state index contributed by atoms with van der Waals surface area (Å²) in [5.41, 5.74) is -1.56. The molecule has 1 heterocycles. The summed E-state index contributed by atoms with van der Waals surface area (Å²) in [6, 6.07) is 4.33. The number of carboxylic acids is 1. The molecule has 0 aliphatic carbocycles. The number of ether oxygens (including phenoxy) is 1. The molecule has 0 unspecified atom stereocenters. The number of alkyl halides is 3. The molecular weight excluding hydrogens is 405 g/mol. The molecule has 0 saturated heterocycles. The number of pyridine rings is 1. The largest absolute Gasteiger partial charge is 0.477 e. The average molecular weight is 428 g/mol. The van der Waals surface area contributed by atoms with Gasteiger partial charge in [-0.05, 0) is 51.3 Å². The van der Waals surface area contributed by atoms with Crippen LogP contribution in [0.3, 0.4) is 0 Å². The minimum absolute atomic E-state index is 0.00189. The van der Waals surface area contributed by atoms with Crippen LogP contribution in [-0.2, 0) is 17.7 Å². The fourth-order valence-electron chi connectivity index (χ4n) is 2.87. The third kappa shape index (κ3) is 6.50. The number of carbonyl (C=O) groups is 2. The van der Waals surface area contributed by atoms with E-state index in [2.05, 4.69) is 5.32 Å². The van der Waals surface area contributed by atoms with E-state index in [0.29, 0.717) is 35.7 Å². The lowest BCUT2D eigenvalue weighted by Gasteiger charge is -2.19. The van der Waals surface area contributed by atoms with Gasteiger partial charge in [0.2, 0.25) is 5.43 Å². The summed E-state index contributed by atoms with van der Waals surface area (Å²) in [6.45, 7) is 4.08. The Morgan fingerprint density at radius 2 is 1.87 bits per heavy atom. The predicted molar refractivity (Wildman–Crippen MR) is 104 cm³/mol. The van der Waals surface area contributed by atoms with Gasteiger partial charge in [0.05, 0.1) is 5.52 Å². The van der Waals surface area contributed by atoms with E-state index in [9.17, 15) is 32.7 Å². The molecular formula is C20H23F3N2O5. The van der Waals surface area contributed by atoms with Crippen molar-refractivity contribution in [1.29, 1.82) is 0 Å². The molecule has 1 aromatic heterocycles. The van der Waals surface area contributed by atoms with Gasteiger partial charge in [-0.25, -0.2) is 9.59 Å². The zero-order chi connectivity index (χ0) is 22.7. The number of carboxylic acid groups (broad SMARTS) is 1. The highest BCUT2D eigenvalue weighted by Gasteiger charge is 2.29. The van der Waals surface area contributed by atoms with E-state index in [4.69, 9.17) is 4.74 Å². The number of amides is 1. The van der Waals surface area contributed by atoms with Gasteiger partial charge < -0.3 is 19.7 Å². The molecule has 0 fully saturated rings. The number of nitrogens with one attached hydrogen (secondary N) is 1. The number of alkyl carbamates (subject to hydrolysis) is 1. The molecule has 0 atom stereocenters. The predicted octanol–water partition coefficient (Wildman–Crippen LogP) is 3.72. The van der Waals surface area contributed by atoms with Crippen molar-refractivity contribution in [3.05, 3.63) is 45.7 Å². The van der Waals surface area contributed by atoms with E-state index in [1.165, 1.54) is 12.1 Å². The average Bonchev–Trinajstić information content (AvgIpc) is 2.58. The van der Waals surface area contributed by atoms with Gasteiger partial charge in [-0.2, -0.15) is 13.2 Å². The van der Waals surface area contributed by atoms with E-state index >= 15 is 0 Å². The monoisotopic (exact) mass is 428 g/mol. The molecule has 0 radical (unpaired) electrons. The van der Waals surface area contributed by atoms with Crippen LogP contribution in [0.15, 0.2) is 29.2 Å². The van der Waals surface area contributed by atoms with Crippen molar-refractivity contribution < 1.29 is 32.6 Å². The number of aromatic carboxylic acids is 1. The van der Waals surface area contributed by atoms with Crippen molar-refractivity contribution in [3.8, 4) is 0 Å². The Labute approximate surface area is 170 Å². The number of nitrogens with zero attached hydrogens (tertiary/aromatic N) is 1. The third-order valence-corrected chi connectivity index (χ3v) is 4.04. The first-order chi connectivity index (χ1) is 13.8. The highest BCUT2D eigenvalue weighted by atomic mass is 19.4. The molecule has 164 valence electrons. The highest BCUT2D eigenvalue weighted by Crippen LogP contribution is 2.22. The molecule has 7 nitrogen and oxygen atoms in total. The molecule has 0 bridgehead atoms. The maximum atomic E-state index is 12.9. The molecule has 0 saturated carbocycles. The van der Waals surface area contributed by atoms with Crippen molar-refractivity contribution in [2.45, 2.75) is 51.9 Å². The van der Waals surface area contributed by atoms with Crippen molar-refractivity contribution in [2.75, 3.05) is 6.54 Å². The summed E-state index contributed by atoms with van der Waals surface area (Å²) < 4.78 is 44.4. The maximum absolute atomic E-state index is 12.9. The van der Waals surface area contributed by atoms with E-state index in [1.54, 1.807) is 26.8 Å². The van der Waals surface area contributed by atoms with Gasteiger partial charge in [0.15, 0.2) is 0 Å². The van der Waals surface area contributed by atoms with Crippen LogP contribution in [0.25, 0.3) is 10.9 Å².